The van der Waals surface area contributed by atoms with Gasteiger partial charge in [0.15, 0.2) is 5.58 Å². The molecule has 3 rings (SSSR count). The average molecular weight is 399 g/mol. The number of fused-ring (bicyclic) bond motifs is 1. The van der Waals surface area contributed by atoms with Gasteiger partial charge < -0.3 is 14.6 Å². The second-order valence-corrected chi connectivity index (χ2v) is 6.09. The number of aromatic nitrogens is 1. The van der Waals surface area contributed by atoms with Crippen molar-refractivity contribution in [1.29, 1.82) is 0 Å². The Morgan fingerprint density at radius 1 is 1.20 bits per heavy atom. The molecule has 1 amide bonds. The molecule has 0 fully saturated rings. The summed E-state index contributed by atoms with van der Waals surface area (Å²) in [5.41, 5.74) is 1.30. The lowest BCUT2D eigenvalue weighted by atomic mass is 10.1. The molecule has 0 aliphatic rings. The number of carbonyl (C=O) groups excluding carboxylic acids is 1. The summed E-state index contributed by atoms with van der Waals surface area (Å²) in [6.45, 7) is 0.525. The number of ether oxygens (including phenoxy) is 1. The number of nitrogens with one attached hydrogen (secondary N) is 1. The predicted molar refractivity (Wildman–Crippen MR) is 98.1 cm³/mol. The highest BCUT2D eigenvalue weighted by Crippen LogP contribution is 2.18. The van der Waals surface area contributed by atoms with Gasteiger partial charge in [-0.3, -0.25) is 4.79 Å². The molecule has 25 heavy (non-hydrogen) atoms. The number of nitrogens with zero attached hydrogens (tertiary/aromatic N) is 1. The van der Waals surface area contributed by atoms with Crippen molar-refractivity contribution in [3.8, 4) is 17.6 Å². The largest absolute Gasteiger partial charge is 0.481 e. The summed E-state index contributed by atoms with van der Waals surface area (Å²) in [4.78, 5) is 11.9. The minimum absolute atomic E-state index is 0.152. The van der Waals surface area contributed by atoms with Crippen LogP contribution in [0.15, 0.2) is 57.5 Å². The van der Waals surface area contributed by atoms with Crippen molar-refractivity contribution in [3.05, 3.63) is 58.7 Å². The quantitative estimate of drug-likeness (QED) is 0.669. The minimum Gasteiger partial charge on any atom is -0.481 e. The van der Waals surface area contributed by atoms with E-state index in [0.717, 1.165) is 15.6 Å². The first kappa shape index (κ1) is 17.1. The molecule has 3 aromatic rings. The first-order chi connectivity index (χ1) is 12.2. The summed E-state index contributed by atoms with van der Waals surface area (Å²) >= 11 is 3.38. The van der Waals surface area contributed by atoms with Crippen molar-refractivity contribution in [1.82, 2.24) is 10.5 Å². The van der Waals surface area contributed by atoms with Crippen molar-refractivity contribution in [2.45, 2.75) is 6.42 Å². The van der Waals surface area contributed by atoms with E-state index in [4.69, 9.17) is 9.26 Å². The van der Waals surface area contributed by atoms with Crippen molar-refractivity contribution >= 4 is 32.8 Å². The molecule has 1 aromatic heterocycles. The molecule has 0 bridgehead atoms. The Kier molecular flexibility index (Phi) is 5.70. The zero-order chi connectivity index (χ0) is 17.5. The van der Waals surface area contributed by atoms with Crippen LogP contribution >= 0.6 is 15.9 Å². The lowest BCUT2D eigenvalue weighted by Gasteiger charge is -2.01. The molecule has 0 spiro atoms. The fourth-order valence-corrected chi connectivity index (χ4v) is 2.59. The van der Waals surface area contributed by atoms with Gasteiger partial charge in [-0.05, 0) is 30.3 Å². The summed E-state index contributed by atoms with van der Waals surface area (Å²) in [6.07, 6.45) is 0.160. The predicted octanol–water partition coefficient (Wildman–Crippen LogP) is 3.33. The maximum Gasteiger partial charge on any atom is 0.226 e. The Hall–Kier alpha value is -2.78. The van der Waals surface area contributed by atoms with Crippen LogP contribution in [0.3, 0.4) is 0 Å². The summed E-state index contributed by atoms with van der Waals surface area (Å²) in [5.74, 6) is 6.31. The van der Waals surface area contributed by atoms with Gasteiger partial charge in [0.1, 0.15) is 18.1 Å². The van der Waals surface area contributed by atoms with Crippen LogP contribution in [0.5, 0.6) is 5.75 Å². The van der Waals surface area contributed by atoms with Gasteiger partial charge in [0.2, 0.25) is 5.91 Å². The van der Waals surface area contributed by atoms with Crippen LogP contribution < -0.4 is 10.1 Å². The van der Waals surface area contributed by atoms with Gasteiger partial charge in [0.05, 0.1) is 13.0 Å². The molecule has 0 unspecified atom stereocenters. The minimum atomic E-state index is -0.152. The summed E-state index contributed by atoms with van der Waals surface area (Å²) in [6, 6.07) is 15.0. The van der Waals surface area contributed by atoms with Crippen molar-refractivity contribution in [2.75, 3.05) is 13.2 Å². The van der Waals surface area contributed by atoms with Crippen molar-refractivity contribution in [2.24, 2.45) is 0 Å². The van der Waals surface area contributed by atoms with Crippen molar-refractivity contribution < 1.29 is 14.1 Å². The molecule has 1 N–H and O–H groups in total. The number of benzene rings is 2. The first-order valence-corrected chi connectivity index (χ1v) is 8.46. The monoisotopic (exact) mass is 398 g/mol. The van der Waals surface area contributed by atoms with Gasteiger partial charge in [-0.15, -0.1) is 0 Å². The third kappa shape index (κ3) is 4.85. The number of para-hydroxylation sites is 1. The van der Waals surface area contributed by atoms with E-state index in [-0.39, 0.29) is 25.5 Å². The summed E-state index contributed by atoms with van der Waals surface area (Å²) in [5, 5.41) is 7.53. The van der Waals surface area contributed by atoms with Crippen LogP contribution in [0.1, 0.15) is 5.69 Å². The van der Waals surface area contributed by atoms with E-state index in [1.165, 1.54) is 0 Å². The van der Waals surface area contributed by atoms with E-state index in [1.807, 2.05) is 48.5 Å². The molecule has 1 heterocycles. The van der Waals surface area contributed by atoms with E-state index < -0.39 is 0 Å². The zero-order valence-electron chi connectivity index (χ0n) is 13.3. The second kappa shape index (κ2) is 8.36. The van der Waals surface area contributed by atoms with E-state index >= 15 is 0 Å². The van der Waals surface area contributed by atoms with E-state index in [9.17, 15) is 4.79 Å². The van der Waals surface area contributed by atoms with Crippen LogP contribution in [0.4, 0.5) is 0 Å². The smallest absolute Gasteiger partial charge is 0.226 e. The molecule has 0 saturated carbocycles. The molecule has 0 saturated heterocycles. The lowest BCUT2D eigenvalue weighted by Crippen LogP contribution is -2.25. The van der Waals surface area contributed by atoms with Gasteiger partial charge in [-0.1, -0.05) is 51.1 Å². The number of amides is 1. The Balaban J connectivity index is 1.42. The van der Waals surface area contributed by atoms with Crippen LogP contribution in [0.2, 0.25) is 0 Å². The van der Waals surface area contributed by atoms with Gasteiger partial charge in [0, 0.05) is 9.86 Å². The Morgan fingerprint density at radius 3 is 2.96 bits per heavy atom. The fraction of sp³-hybridized carbons (Fsp3) is 0.158. The van der Waals surface area contributed by atoms with Crippen LogP contribution in [-0.4, -0.2) is 24.2 Å². The highest BCUT2D eigenvalue weighted by atomic mass is 79.9. The molecule has 6 heteroatoms. The van der Waals surface area contributed by atoms with Crippen LogP contribution in [0.25, 0.3) is 11.0 Å². The number of hydrogen-bond donors (Lipinski definition) is 1. The highest BCUT2D eigenvalue weighted by Gasteiger charge is 2.11. The van der Waals surface area contributed by atoms with E-state index in [2.05, 4.69) is 38.2 Å². The summed E-state index contributed by atoms with van der Waals surface area (Å²) in [7, 11) is 0. The molecular weight excluding hydrogens is 384 g/mol. The number of hydrogen-bond acceptors (Lipinski definition) is 4. The number of rotatable bonds is 5. The Bertz CT molecular complexity index is 940. The molecular formula is C19H15BrN2O3. The van der Waals surface area contributed by atoms with Crippen molar-refractivity contribution in [3.63, 3.8) is 0 Å². The lowest BCUT2D eigenvalue weighted by molar-refractivity contribution is -0.120. The highest BCUT2D eigenvalue weighted by molar-refractivity contribution is 9.10. The molecule has 126 valence electrons. The van der Waals surface area contributed by atoms with Gasteiger partial charge in [0.25, 0.3) is 0 Å². The van der Waals surface area contributed by atoms with Crippen LogP contribution in [0, 0.1) is 11.8 Å². The average Bonchev–Trinajstić information content (AvgIpc) is 3.01. The standard InChI is InChI=1S/C19H15BrN2O3/c20-14-6-5-7-15(12-14)24-11-4-3-10-21-19(23)13-17-16-8-1-2-9-18(16)25-22-17/h1-2,5-9,12H,10-11,13H2,(H,21,23). The topological polar surface area (TPSA) is 64.4 Å². The Labute approximate surface area is 153 Å². The fourth-order valence-electron chi connectivity index (χ4n) is 2.21. The van der Waals surface area contributed by atoms with Gasteiger partial charge >= 0.3 is 0 Å². The van der Waals surface area contributed by atoms with Crippen LogP contribution in [-0.2, 0) is 11.2 Å². The zero-order valence-corrected chi connectivity index (χ0v) is 14.9. The molecule has 0 atom stereocenters. The number of carbonyl (C=O) groups is 1. The molecule has 0 aliphatic carbocycles. The normalized spacial score (nSPS) is 10.1. The van der Waals surface area contributed by atoms with E-state index in [1.54, 1.807) is 0 Å². The molecule has 0 aliphatic heterocycles. The maximum absolute atomic E-state index is 11.9. The summed E-state index contributed by atoms with van der Waals surface area (Å²) < 4.78 is 11.6. The molecule has 5 nitrogen and oxygen atoms in total. The van der Waals surface area contributed by atoms with Gasteiger partial charge in [-0.25, -0.2) is 0 Å². The molecule has 0 radical (unpaired) electrons. The molecule has 2 aromatic carbocycles. The number of halogens is 1. The van der Waals surface area contributed by atoms with Gasteiger partial charge in [-0.2, -0.15) is 0 Å². The third-order valence-electron chi connectivity index (χ3n) is 3.39. The Morgan fingerprint density at radius 2 is 2.08 bits per heavy atom. The maximum atomic E-state index is 11.9. The second-order valence-electron chi connectivity index (χ2n) is 5.18. The third-order valence-corrected chi connectivity index (χ3v) is 3.88. The first-order valence-electron chi connectivity index (χ1n) is 7.66. The SMILES string of the molecule is O=C(Cc1noc2ccccc12)NCC#CCOc1cccc(Br)c1. The van der Waals surface area contributed by atoms with E-state index in [0.29, 0.717) is 11.3 Å².